The van der Waals surface area contributed by atoms with Crippen LogP contribution >= 0.6 is 11.3 Å². The molecule has 1 atom stereocenters. The summed E-state index contributed by atoms with van der Waals surface area (Å²) in [6, 6.07) is 8.97. The fourth-order valence-electron chi connectivity index (χ4n) is 3.44. The molecule has 0 saturated heterocycles. The summed E-state index contributed by atoms with van der Waals surface area (Å²) in [5, 5.41) is 2.17. The zero-order valence-electron chi connectivity index (χ0n) is 15.0. The van der Waals surface area contributed by atoms with Crippen molar-refractivity contribution in [2.24, 2.45) is 0 Å². The number of carbonyl (C=O) groups is 1. The highest BCUT2D eigenvalue weighted by Gasteiger charge is 2.27. The summed E-state index contributed by atoms with van der Waals surface area (Å²) in [4.78, 5) is 18.3. The molecule has 1 aromatic carbocycles. The van der Waals surface area contributed by atoms with Crippen molar-refractivity contribution >= 4 is 17.2 Å². The molecule has 0 aliphatic carbocycles. The summed E-state index contributed by atoms with van der Waals surface area (Å²) in [5.74, 6) is 0.195. The molecule has 3 rings (SSSR count). The molecule has 128 valence electrons. The number of carbonyl (C=O) groups excluding carboxylic acids is 1. The zero-order valence-corrected chi connectivity index (χ0v) is 15.8. The van der Waals surface area contributed by atoms with E-state index in [1.54, 1.807) is 0 Å². The topological polar surface area (TPSA) is 23.6 Å². The monoisotopic (exact) mass is 342 g/mol. The third-order valence-electron chi connectivity index (χ3n) is 5.07. The smallest absolute Gasteiger partial charge is 0.236 e. The van der Waals surface area contributed by atoms with Gasteiger partial charge in [-0.25, -0.2) is 0 Å². The van der Waals surface area contributed by atoms with Crippen molar-refractivity contribution in [3.63, 3.8) is 0 Å². The van der Waals surface area contributed by atoms with E-state index in [0.717, 1.165) is 13.0 Å². The predicted octanol–water partition coefficient (Wildman–Crippen LogP) is 3.94. The molecule has 2 heterocycles. The Labute approximate surface area is 148 Å². The van der Waals surface area contributed by atoms with Crippen LogP contribution in [0, 0.1) is 13.8 Å². The zero-order chi connectivity index (χ0) is 17.3. The van der Waals surface area contributed by atoms with Gasteiger partial charge in [-0.2, -0.15) is 0 Å². The van der Waals surface area contributed by atoms with E-state index in [4.69, 9.17) is 0 Å². The first-order valence-electron chi connectivity index (χ1n) is 8.56. The first-order valence-corrected chi connectivity index (χ1v) is 9.44. The standard InChI is InChI=1S/C20H26N2OS/c1-14-5-6-17(15(2)11-14)12-21(4)20(23)13-22-9-7-19-18(16(22)3)8-10-24-19/h5-6,8,10-11,16H,7,9,12-13H2,1-4H3. The Morgan fingerprint density at radius 1 is 1.33 bits per heavy atom. The second-order valence-electron chi connectivity index (χ2n) is 6.88. The highest BCUT2D eigenvalue weighted by atomic mass is 32.1. The lowest BCUT2D eigenvalue weighted by atomic mass is 10.0. The van der Waals surface area contributed by atoms with Crippen molar-refractivity contribution in [2.75, 3.05) is 20.1 Å². The molecule has 0 saturated carbocycles. The molecular formula is C20H26N2OS. The van der Waals surface area contributed by atoms with Crippen molar-refractivity contribution in [3.05, 3.63) is 56.8 Å². The van der Waals surface area contributed by atoms with Crippen LogP contribution in [0.3, 0.4) is 0 Å². The van der Waals surface area contributed by atoms with Crippen molar-refractivity contribution in [1.29, 1.82) is 0 Å². The Morgan fingerprint density at radius 3 is 2.88 bits per heavy atom. The minimum Gasteiger partial charge on any atom is -0.340 e. The minimum atomic E-state index is 0.195. The van der Waals surface area contributed by atoms with Gasteiger partial charge in [0.15, 0.2) is 0 Å². The maximum absolute atomic E-state index is 12.7. The maximum Gasteiger partial charge on any atom is 0.236 e. The van der Waals surface area contributed by atoms with Crippen LogP contribution in [0.25, 0.3) is 0 Å². The summed E-state index contributed by atoms with van der Waals surface area (Å²) in [6.07, 6.45) is 1.06. The number of fused-ring (bicyclic) bond motifs is 1. The number of aryl methyl sites for hydroxylation is 2. The molecule has 0 N–H and O–H groups in total. The third kappa shape index (κ3) is 3.55. The van der Waals surface area contributed by atoms with Crippen LogP contribution in [0.15, 0.2) is 29.6 Å². The number of hydrogen-bond acceptors (Lipinski definition) is 3. The predicted molar refractivity (Wildman–Crippen MR) is 100 cm³/mol. The quantitative estimate of drug-likeness (QED) is 0.840. The molecule has 0 radical (unpaired) electrons. The van der Waals surface area contributed by atoms with Crippen LogP contribution in [0.4, 0.5) is 0 Å². The van der Waals surface area contributed by atoms with Gasteiger partial charge in [-0.05, 0) is 55.3 Å². The summed E-state index contributed by atoms with van der Waals surface area (Å²) >= 11 is 1.84. The van der Waals surface area contributed by atoms with E-state index in [1.165, 1.54) is 27.1 Å². The Hall–Kier alpha value is -1.65. The largest absolute Gasteiger partial charge is 0.340 e. The Balaban J connectivity index is 1.62. The van der Waals surface area contributed by atoms with E-state index >= 15 is 0 Å². The molecule has 1 aliphatic rings. The highest BCUT2D eigenvalue weighted by molar-refractivity contribution is 7.10. The molecule has 4 heteroatoms. The van der Waals surface area contributed by atoms with Gasteiger partial charge in [0.2, 0.25) is 5.91 Å². The fraction of sp³-hybridized carbons (Fsp3) is 0.450. The first kappa shape index (κ1) is 17.2. The SMILES string of the molecule is Cc1ccc(CN(C)C(=O)CN2CCc3sccc3C2C)c(C)c1. The van der Waals surface area contributed by atoms with Crippen LogP contribution < -0.4 is 0 Å². The molecule has 2 aromatic rings. The highest BCUT2D eigenvalue weighted by Crippen LogP contribution is 2.32. The molecule has 1 amide bonds. The van der Waals surface area contributed by atoms with Gasteiger partial charge in [0.25, 0.3) is 0 Å². The van der Waals surface area contributed by atoms with Crippen LogP contribution in [0.2, 0.25) is 0 Å². The van der Waals surface area contributed by atoms with Crippen LogP contribution in [-0.4, -0.2) is 35.8 Å². The van der Waals surface area contributed by atoms with Crippen molar-refractivity contribution in [2.45, 2.75) is 39.8 Å². The van der Waals surface area contributed by atoms with E-state index < -0.39 is 0 Å². The number of rotatable bonds is 4. The second kappa shape index (κ2) is 7.08. The van der Waals surface area contributed by atoms with Crippen LogP contribution in [0.1, 0.15) is 40.1 Å². The minimum absolute atomic E-state index is 0.195. The molecule has 0 fully saturated rings. The lowest BCUT2D eigenvalue weighted by Crippen LogP contribution is -2.42. The Morgan fingerprint density at radius 2 is 2.12 bits per heavy atom. The van der Waals surface area contributed by atoms with E-state index in [-0.39, 0.29) is 5.91 Å². The molecular weight excluding hydrogens is 316 g/mol. The maximum atomic E-state index is 12.7. The summed E-state index contributed by atoms with van der Waals surface area (Å²) in [7, 11) is 1.91. The van der Waals surface area contributed by atoms with E-state index in [2.05, 4.69) is 55.3 Å². The average molecular weight is 343 g/mol. The lowest BCUT2D eigenvalue weighted by Gasteiger charge is -2.34. The van der Waals surface area contributed by atoms with Gasteiger partial charge >= 0.3 is 0 Å². The number of likely N-dealkylation sites (N-methyl/N-ethyl adjacent to an activating group) is 1. The Bertz CT molecular complexity index is 737. The second-order valence-corrected chi connectivity index (χ2v) is 7.88. The first-order chi connectivity index (χ1) is 11.5. The van der Waals surface area contributed by atoms with E-state index in [9.17, 15) is 4.79 Å². The van der Waals surface area contributed by atoms with E-state index in [1.807, 2.05) is 23.3 Å². The number of benzene rings is 1. The van der Waals surface area contributed by atoms with Gasteiger partial charge in [0.1, 0.15) is 0 Å². The summed E-state index contributed by atoms with van der Waals surface area (Å²) in [5.41, 5.74) is 5.14. The van der Waals surface area contributed by atoms with Crippen LogP contribution in [0.5, 0.6) is 0 Å². The van der Waals surface area contributed by atoms with Crippen molar-refractivity contribution < 1.29 is 4.79 Å². The van der Waals surface area contributed by atoms with Gasteiger partial charge < -0.3 is 4.90 Å². The van der Waals surface area contributed by atoms with Gasteiger partial charge in [-0.1, -0.05) is 23.8 Å². The van der Waals surface area contributed by atoms with Crippen molar-refractivity contribution in [3.8, 4) is 0 Å². The number of amides is 1. The summed E-state index contributed by atoms with van der Waals surface area (Å²) < 4.78 is 0. The molecule has 24 heavy (non-hydrogen) atoms. The lowest BCUT2D eigenvalue weighted by molar-refractivity contribution is -0.132. The van der Waals surface area contributed by atoms with Gasteiger partial charge in [-0.3, -0.25) is 9.69 Å². The Kier molecular flexibility index (Phi) is 5.07. The molecule has 0 spiro atoms. The van der Waals surface area contributed by atoms with Gasteiger partial charge in [0.05, 0.1) is 6.54 Å². The average Bonchev–Trinajstić information content (AvgIpc) is 3.02. The van der Waals surface area contributed by atoms with Crippen molar-refractivity contribution in [1.82, 2.24) is 9.80 Å². The number of nitrogens with zero attached hydrogens (tertiary/aromatic N) is 2. The fourth-order valence-corrected chi connectivity index (χ4v) is 4.40. The van der Waals surface area contributed by atoms with Gasteiger partial charge in [-0.15, -0.1) is 11.3 Å². The molecule has 1 aliphatic heterocycles. The molecule has 1 unspecified atom stereocenters. The van der Waals surface area contributed by atoms with E-state index in [0.29, 0.717) is 19.1 Å². The number of hydrogen-bond donors (Lipinski definition) is 0. The van der Waals surface area contributed by atoms with Crippen LogP contribution in [-0.2, 0) is 17.8 Å². The third-order valence-corrected chi connectivity index (χ3v) is 6.07. The molecule has 1 aromatic heterocycles. The summed E-state index contributed by atoms with van der Waals surface area (Å²) in [6.45, 7) is 8.57. The molecule has 3 nitrogen and oxygen atoms in total. The molecule has 0 bridgehead atoms. The van der Waals surface area contributed by atoms with Gasteiger partial charge in [0, 0.05) is 31.1 Å². The number of thiophene rings is 1. The normalized spacial score (nSPS) is 17.6.